The van der Waals surface area contributed by atoms with Crippen molar-refractivity contribution in [1.82, 2.24) is 24.2 Å². The Labute approximate surface area is 209 Å². The van der Waals surface area contributed by atoms with E-state index in [4.69, 9.17) is 15.0 Å². The highest BCUT2D eigenvalue weighted by Gasteiger charge is 2.22. The summed E-state index contributed by atoms with van der Waals surface area (Å²) >= 11 is 0. The van der Waals surface area contributed by atoms with Crippen LogP contribution < -0.4 is 5.56 Å². The van der Waals surface area contributed by atoms with Gasteiger partial charge in [-0.1, -0.05) is 42.0 Å². The van der Waals surface area contributed by atoms with Crippen molar-refractivity contribution in [3.05, 3.63) is 110 Å². The van der Waals surface area contributed by atoms with Crippen molar-refractivity contribution < 1.29 is 4.92 Å². The highest BCUT2D eigenvalue weighted by atomic mass is 16.6. The molecular formula is C27H19N7O3. The number of hydrogen-bond donors (Lipinski definition) is 0. The fourth-order valence-corrected chi connectivity index (χ4v) is 4.33. The monoisotopic (exact) mass is 489 g/mol. The number of rotatable bonds is 4. The number of benzene rings is 3. The third-order valence-electron chi connectivity index (χ3n) is 6.12. The first kappa shape index (κ1) is 22.2. The van der Waals surface area contributed by atoms with E-state index in [0.717, 1.165) is 5.56 Å². The SMILES string of the molecule is Cc1ccc(-n2c(C)nc3c(c2=O)c2nc4ccccc4nc2n3N=Cc2cccc([N+](=O)[O-])c2)cc1. The molecule has 37 heavy (non-hydrogen) atoms. The molecule has 0 bridgehead atoms. The molecule has 3 aromatic heterocycles. The average molecular weight is 489 g/mol. The third kappa shape index (κ3) is 3.71. The zero-order valence-electron chi connectivity index (χ0n) is 19.9. The van der Waals surface area contributed by atoms with Gasteiger partial charge in [0.25, 0.3) is 11.2 Å². The van der Waals surface area contributed by atoms with Gasteiger partial charge >= 0.3 is 0 Å². The summed E-state index contributed by atoms with van der Waals surface area (Å²) in [7, 11) is 0. The Bertz CT molecular complexity index is 1950. The van der Waals surface area contributed by atoms with Gasteiger partial charge in [-0.15, -0.1) is 0 Å². The lowest BCUT2D eigenvalue weighted by Gasteiger charge is -2.10. The van der Waals surface area contributed by atoms with E-state index in [1.807, 2.05) is 55.5 Å². The molecule has 3 heterocycles. The smallest absolute Gasteiger partial charge is 0.268 e. The first-order valence-corrected chi connectivity index (χ1v) is 11.5. The molecule has 0 fully saturated rings. The van der Waals surface area contributed by atoms with Crippen molar-refractivity contribution >= 4 is 45.1 Å². The molecule has 6 rings (SSSR count). The van der Waals surface area contributed by atoms with Gasteiger partial charge in [0.15, 0.2) is 11.3 Å². The van der Waals surface area contributed by atoms with Gasteiger partial charge in [-0.25, -0.2) is 15.0 Å². The lowest BCUT2D eigenvalue weighted by molar-refractivity contribution is -0.384. The van der Waals surface area contributed by atoms with Crippen LogP contribution in [-0.2, 0) is 0 Å². The molecule has 0 aliphatic carbocycles. The molecule has 180 valence electrons. The van der Waals surface area contributed by atoms with Gasteiger partial charge < -0.3 is 0 Å². The van der Waals surface area contributed by atoms with E-state index < -0.39 is 4.92 Å². The van der Waals surface area contributed by atoms with E-state index in [1.165, 1.54) is 23.0 Å². The Balaban J connectivity index is 1.66. The van der Waals surface area contributed by atoms with Crippen LogP contribution in [0.4, 0.5) is 5.69 Å². The first-order valence-electron chi connectivity index (χ1n) is 11.5. The summed E-state index contributed by atoms with van der Waals surface area (Å²) in [6, 6.07) is 21.1. The maximum Gasteiger partial charge on any atom is 0.270 e. The first-order chi connectivity index (χ1) is 17.9. The maximum atomic E-state index is 13.9. The number of fused-ring (bicyclic) bond motifs is 4. The average Bonchev–Trinajstić information content (AvgIpc) is 3.19. The van der Waals surface area contributed by atoms with E-state index in [2.05, 4.69) is 5.10 Å². The van der Waals surface area contributed by atoms with Crippen LogP contribution in [-0.4, -0.2) is 35.3 Å². The summed E-state index contributed by atoms with van der Waals surface area (Å²) in [5, 5.41) is 16.0. The van der Waals surface area contributed by atoms with Crippen LogP contribution in [0.1, 0.15) is 17.0 Å². The zero-order chi connectivity index (χ0) is 25.7. The minimum atomic E-state index is -0.464. The third-order valence-corrected chi connectivity index (χ3v) is 6.12. The van der Waals surface area contributed by atoms with Crippen LogP contribution in [0.5, 0.6) is 0 Å². The van der Waals surface area contributed by atoms with Gasteiger partial charge in [-0.3, -0.25) is 19.5 Å². The second-order valence-corrected chi connectivity index (χ2v) is 8.63. The predicted molar refractivity (Wildman–Crippen MR) is 141 cm³/mol. The lowest BCUT2D eigenvalue weighted by atomic mass is 10.2. The molecular weight excluding hydrogens is 470 g/mol. The number of para-hydroxylation sites is 2. The number of non-ortho nitro benzene ring substituents is 1. The topological polar surface area (TPSA) is 121 Å². The van der Waals surface area contributed by atoms with E-state index in [-0.39, 0.29) is 16.6 Å². The van der Waals surface area contributed by atoms with Gasteiger partial charge in [-0.05, 0) is 38.1 Å². The quantitative estimate of drug-likeness (QED) is 0.201. The van der Waals surface area contributed by atoms with Gasteiger partial charge in [-0.2, -0.15) is 9.78 Å². The summed E-state index contributed by atoms with van der Waals surface area (Å²) in [4.78, 5) is 38.9. The number of nitro benzene ring substituents is 1. The van der Waals surface area contributed by atoms with E-state index in [0.29, 0.717) is 44.9 Å². The molecule has 0 radical (unpaired) electrons. The second kappa shape index (κ2) is 8.45. The van der Waals surface area contributed by atoms with Gasteiger partial charge in [0.2, 0.25) is 0 Å². The Morgan fingerprint density at radius 2 is 1.62 bits per heavy atom. The maximum absolute atomic E-state index is 13.9. The summed E-state index contributed by atoms with van der Waals surface area (Å²) in [5.74, 6) is 0.473. The highest BCUT2D eigenvalue weighted by molar-refractivity contribution is 6.05. The van der Waals surface area contributed by atoms with Crippen LogP contribution >= 0.6 is 0 Å². The van der Waals surface area contributed by atoms with Gasteiger partial charge in [0, 0.05) is 17.7 Å². The summed E-state index contributed by atoms with van der Waals surface area (Å²) < 4.78 is 3.02. The lowest BCUT2D eigenvalue weighted by Crippen LogP contribution is -2.22. The Hall–Kier alpha value is -5.25. The minimum absolute atomic E-state index is 0.0492. The largest absolute Gasteiger partial charge is 0.270 e. The molecule has 0 atom stereocenters. The number of aromatic nitrogens is 5. The van der Waals surface area contributed by atoms with Gasteiger partial charge in [0.1, 0.15) is 16.7 Å². The standard InChI is InChI=1S/C27H19N7O3/c1-16-10-12-19(13-11-16)32-17(2)29-25-23(27(32)35)24-26(31-22-9-4-3-8-21(22)30-24)33(25)28-15-18-6-5-7-20(14-18)34(36)37/h3-15H,1-2H3. The Kier molecular flexibility index (Phi) is 5.08. The Morgan fingerprint density at radius 3 is 2.35 bits per heavy atom. The van der Waals surface area contributed by atoms with Crippen molar-refractivity contribution in [2.24, 2.45) is 5.10 Å². The van der Waals surface area contributed by atoms with Crippen molar-refractivity contribution in [3.63, 3.8) is 0 Å². The van der Waals surface area contributed by atoms with Crippen molar-refractivity contribution in [2.45, 2.75) is 13.8 Å². The normalized spacial score (nSPS) is 11.7. The zero-order valence-corrected chi connectivity index (χ0v) is 19.9. The van der Waals surface area contributed by atoms with E-state index in [9.17, 15) is 14.9 Å². The van der Waals surface area contributed by atoms with Crippen molar-refractivity contribution in [1.29, 1.82) is 0 Å². The molecule has 6 aromatic rings. The fraction of sp³-hybridized carbons (Fsp3) is 0.0741. The highest BCUT2D eigenvalue weighted by Crippen LogP contribution is 2.26. The van der Waals surface area contributed by atoms with Crippen molar-refractivity contribution in [3.8, 4) is 5.69 Å². The molecule has 0 saturated carbocycles. The number of aryl methyl sites for hydroxylation is 2. The molecule has 0 spiro atoms. The van der Waals surface area contributed by atoms with Crippen LogP contribution in [0.15, 0.2) is 82.7 Å². The summed E-state index contributed by atoms with van der Waals surface area (Å²) in [6.07, 6.45) is 1.48. The van der Waals surface area contributed by atoms with E-state index in [1.54, 1.807) is 23.6 Å². The van der Waals surface area contributed by atoms with Crippen molar-refractivity contribution in [2.75, 3.05) is 0 Å². The fourth-order valence-electron chi connectivity index (χ4n) is 4.33. The molecule has 10 heteroatoms. The molecule has 0 aliphatic heterocycles. The minimum Gasteiger partial charge on any atom is -0.268 e. The number of nitrogens with zero attached hydrogens (tertiary/aromatic N) is 7. The number of nitro groups is 1. The molecule has 0 saturated heterocycles. The van der Waals surface area contributed by atoms with Crippen LogP contribution in [0.2, 0.25) is 0 Å². The number of hydrogen-bond acceptors (Lipinski definition) is 7. The summed E-state index contributed by atoms with van der Waals surface area (Å²) in [6.45, 7) is 3.73. The van der Waals surface area contributed by atoms with Crippen LogP contribution in [0, 0.1) is 24.0 Å². The molecule has 0 N–H and O–H groups in total. The Morgan fingerprint density at radius 1 is 0.892 bits per heavy atom. The molecule has 3 aromatic carbocycles. The molecule has 0 amide bonds. The molecule has 0 aliphatic rings. The molecule has 10 nitrogen and oxygen atoms in total. The van der Waals surface area contributed by atoms with E-state index >= 15 is 0 Å². The van der Waals surface area contributed by atoms with Gasteiger partial charge in [0.05, 0.1) is 27.9 Å². The van der Waals surface area contributed by atoms with Crippen LogP contribution in [0.25, 0.3) is 38.9 Å². The summed E-state index contributed by atoms with van der Waals surface area (Å²) in [5.41, 5.74) is 4.27. The predicted octanol–water partition coefficient (Wildman–Crippen LogP) is 4.69. The van der Waals surface area contributed by atoms with Crippen LogP contribution in [0.3, 0.4) is 0 Å². The second-order valence-electron chi connectivity index (χ2n) is 8.63. The molecule has 0 unspecified atom stereocenters.